The molecule has 2 aliphatic rings. The van der Waals surface area contributed by atoms with E-state index in [1.807, 2.05) is 0 Å². The second-order valence-corrected chi connectivity index (χ2v) is 5.74. The summed E-state index contributed by atoms with van der Waals surface area (Å²) in [6.07, 6.45) is 1.26. The van der Waals surface area contributed by atoms with Gasteiger partial charge in [0, 0.05) is 38.0 Å². The quantitative estimate of drug-likeness (QED) is 0.912. The number of rotatable bonds is 4. The molecule has 2 amide bonds. The van der Waals surface area contributed by atoms with Crippen LogP contribution < -0.4 is 10.1 Å². The smallest absolute Gasteiger partial charge is 0.387 e. The van der Waals surface area contributed by atoms with Gasteiger partial charge in [-0.25, -0.2) is 4.79 Å². The van der Waals surface area contributed by atoms with Crippen LogP contribution in [0.3, 0.4) is 0 Å². The Bertz CT molecular complexity index is 569. The van der Waals surface area contributed by atoms with E-state index in [0.717, 1.165) is 0 Å². The average Bonchev–Trinajstić information content (AvgIpc) is 3.02. The molecule has 1 N–H and O–H groups in total. The number of ether oxygens (including phenoxy) is 3. The van der Waals surface area contributed by atoms with Gasteiger partial charge >= 0.3 is 12.6 Å². The highest BCUT2D eigenvalue weighted by Crippen LogP contribution is 2.31. The molecule has 0 radical (unpaired) electrons. The first-order valence-corrected chi connectivity index (χ1v) is 7.91. The van der Waals surface area contributed by atoms with Gasteiger partial charge in [0.25, 0.3) is 0 Å². The van der Waals surface area contributed by atoms with E-state index in [-0.39, 0.29) is 18.3 Å². The second kappa shape index (κ2) is 7.31. The molecule has 0 aliphatic carbocycles. The van der Waals surface area contributed by atoms with Gasteiger partial charge in [-0.2, -0.15) is 8.78 Å². The third kappa shape index (κ3) is 3.93. The van der Waals surface area contributed by atoms with Crippen LogP contribution in [0.5, 0.6) is 5.75 Å². The van der Waals surface area contributed by atoms with Gasteiger partial charge in [0.2, 0.25) is 0 Å². The minimum atomic E-state index is -2.90. The van der Waals surface area contributed by atoms with Crippen molar-refractivity contribution >= 4 is 6.03 Å². The molecule has 0 atom stereocenters. The highest BCUT2D eigenvalue weighted by atomic mass is 19.3. The lowest BCUT2D eigenvalue weighted by Crippen LogP contribution is -2.50. The summed E-state index contributed by atoms with van der Waals surface area (Å²) >= 11 is 0. The van der Waals surface area contributed by atoms with Crippen molar-refractivity contribution < 1.29 is 27.8 Å². The summed E-state index contributed by atoms with van der Waals surface area (Å²) in [6, 6.07) is 6.17. The van der Waals surface area contributed by atoms with Crippen LogP contribution in [0.25, 0.3) is 0 Å². The number of hydrogen-bond donors (Lipinski definition) is 1. The van der Waals surface area contributed by atoms with Gasteiger partial charge in [-0.15, -0.1) is 0 Å². The molecule has 24 heavy (non-hydrogen) atoms. The summed E-state index contributed by atoms with van der Waals surface area (Å²) in [6.45, 7) is -0.537. The maximum Gasteiger partial charge on any atom is 0.387 e. The molecule has 2 saturated heterocycles. The van der Waals surface area contributed by atoms with Crippen LogP contribution >= 0.6 is 0 Å². The van der Waals surface area contributed by atoms with E-state index in [9.17, 15) is 13.6 Å². The first kappa shape index (κ1) is 16.9. The van der Waals surface area contributed by atoms with E-state index < -0.39 is 12.4 Å². The number of amides is 2. The number of carbonyl (C=O) groups is 1. The van der Waals surface area contributed by atoms with E-state index >= 15 is 0 Å². The summed E-state index contributed by atoms with van der Waals surface area (Å²) in [5.41, 5.74) is 0.502. The Morgan fingerprint density at radius 3 is 2.58 bits per heavy atom. The van der Waals surface area contributed by atoms with Gasteiger partial charge in [0.1, 0.15) is 5.75 Å². The third-order valence-electron chi connectivity index (χ3n) is 4.24. The Labute approximate surface area is 138 Å². The van der Waals surface area contributed by atoms with Crippen LogP contribution in [0.15, 0.2) is 24.3 Å². The lowest BCUT2D eigenvalue weighted by atomic mass is 10.0. The number of carbonyl (C=O) groups excluding carboxylic acids is 1. The summed E-state index contributed by atoms with van der Waals surface area (Å²) < 4.78 is 40.5. The Morgan fingerprint density at radius 2 is 1.92 bits per heavy atom. The van der Waals surface area contributed by atoms with Crippen LogP contribution in [-0.4, -0.2) is 49.6 Å². The van der Waals surface area contributed by atoms with E-state index in [2.05, 4.69) is 10.1 Å². The Hall–Kier alpha value is -1.93. The van der Waals surface area contributed by atoms with Crippen LogP contribution in [0.4, 0.5) is 13.6 Å². The molecule has 2 aliphatic heterocycles. The number of nitrogens with one attached hydrogen (secondary N) is 1. The molecule has 2 fully saturated rings. The minimum Gasteiger partial charge on any atom is -0.434 e. The predicted molar refractivity (Wildman–Crippen MR) is 80.8 cm³/mol. The normalized spacial score (nSPS) is 19.7. The monoisotopic (exact) mass is 342 g/mol. The van der Waals surface area contributed by atoms with Gasteiger partial charge in [-0.1, -0.05) is 18.2 Å². The lowest BCUT2D eigenvalue weighted by Gasteiger charge is -2.37. The number of halogens is 2. The largest absolute Gasteiger partial charge is 0.434 e. The fourth-order valence-corrected chi connectivity index (χ4v) is 2.98. The number of alkyl halides is 2. The van der Waals surface area contributed by atoms with E-state index in [0.29, 0.717) is 44.7 Å². The van der Waals surface area contributed by atoms with Crippen molar-refractivity contribution in [1.82, 2.24) is 10.2 Å². The molecule has 8 heteroatoms. The molecule has 132 valence electrons. The predicted octanol–water partition coefficient (Wildman–Crippen LogP) is 2.34. The molecule has 1 aromatic rings. The molecular formula is C16H20F2N2O4. The van der Waals surface area contributed by atoms with Gasteiger partial charge in [-0.05, 0) is 6.07 Å². The number of urea groups is 1. The van der Waals surface area contributed by atoms with Crippen LogP contribution in [0.2, 0.25) is 0 Å². The average molecular weight is 342 g/mol. The van der Waals surface area contributed by atoms with Crippen molar-refractivity contribution in [1.29, 1.82) is 0 Å². The summed E-state index contributed by atoms with van der Waals surface area (Å²) in [5, 5.41) is 2.74. The molecule has 2 heterocycles. The zero-order valence-corrected chi connectivity index (χ0v) is 13.2. The Morgan fingerprint density at radius 1 is 1.25 bits per heavy atom. The van der Waals surface area contributed by atoms with Gasteiger partial charge in [0.15, 0.2) is 5.79 Å². The van der Waals surface area contributed by atoms with Crippen molar-refractivity contribution in [2.45, 2.75) is 31.8 Å². The summed E-state index contributed by atoms with van der Waals surface area (Å²) in [7, 11) is 0. The third-order valence-corrected chi connectivity index (χ3v) is 4.24. The molecule has 0 saturated carbocycles. The minimum absolute atomic E-state index is 0.0677. The van der Waals surface area contributed by atoms with Crippen LogP contribution in [-0.2, 0) is 16.0 Å². The number of nitrogens with zero attached hydrogens (tertiary/aromatic N) is 1. The highest BCUT2D eigenvalue weighted by Gasteiger charge is 2.40. The molecule has 1 spiro atoms. The van der Waals surface area contributed by atoms with Crippen molar-refractivity contribution in [3.05, 3.63) is 29.8 Å². The van der Waals surface area contributed by atoms with Gasteiger partial charge < -0.3 is 24.4 Å². The molecule has 1 aromatic carbocycles. The van der Waals surface area contributed by atoms with Crippen LogP contribution in [0, 0.1) is 0 Å². The fraction of sp³-hybridized carbons (Fsp3) is 0.562. The molecule has 0 bridgehead atoms. The van der Waals surface area contributed by atoms with E-state index in [4.69, 9.17) is 9.47 Å². The first-order valence-electron chi connectivity index (χ1n) is 7.91. The molecular weight excluding hydrogens is 322 g/mol. The number of likely N-dealkylation sites (tertiary alicyclic amines) is 1. The van der Waals surface area contributed by atoms with E-state index in [1.54, 1.807) is 23.1 Å². The maximum atomic E-state index is 12.4. The summed E-state index contributed by atoms with van der Waals surface area (Å²) in [5.74, 6) is -0.466. The Kier molecular flexibility index (Phi) is 5.15. The number of para-hydroxylation sites is 1. The fourth-order valence-electron chi connectivity index (χ4n) is 2.98. The summed E-state index contributed by atoms with van der Waals surface area (Å²) in [4.78, 5) is 13.9. The van der Waals surface area contributed by atoms with E-state index in [1.165, 1.54) is 6.07 Å². The maximum absolute atomic E-state index is 12.4. The molecule has 0 unspecified atom stereocenters. The van der Waals surface area contributed by atoms with Crippen molar-refractivity contribution in [3.63, 3.8) is 0 Å². The van der Waals surface area contributed by atoms with Crippen molar-refractivity contribution in [2.75, 3.05) is 26.3 Å². The zero-order valence-electron chi connectivity index (χ0n) is 13.2. The topological polar surface area (TPSA) is 60.0 Å². The first-order chi connectivity index (χ1) is 11.6. The van der Waals surface area contributed by atoms with Crippen molar-refractivity contribution in [3.8, 4) is 5.75 Å². The molecule has 3 rings (SSSR count). The van der Waals surface area contributed by atoms with Crippen molar-refractivity contribution in [2.24, 2.45) is 0 Å². The number of piperidine rings is 1. The van der Waals surface area contributed by atoms with Gasteiger partial charge in [-0.3, -0.25) is 0 Å². The molecule has 6 nitrogen and oxygen atoms in total. The second-order valence-electron chi connectivity index (χ2n) is 5.74. The number of hydrogen-bond acceptors (Lipinski definition) is 4. The number of benzene rings is 1. The SMILES string of the molecule is O=C(NCc1ccccc1OC(F)F)N1CCC2(CC1)OCCO2. The highest BCUT2D eigenvalue weighted by molar-refractivity contribution is 5.74. The standard InChI is InChI=1S/C16H20F2N2O4/c17-14(18)24-13-4-2-1-3-12(13)11-19-15(21)20-7-5-16(6-8-20)22-9-10-23-16/h1-4,14H,5-11H2,(H,19,21). The molecule has 0 aromatic heterocycles. The van der Waals surface area contributed by atoms with Crippen LogP contribution in [0.1, 0.15) is 18.4 Å². The zero-order chi connectivity index (χ0) is 17.0. The Balaban J connectivity index is 1.51. The lowest BCUT2D eigenvalue weighted by molar-refractivity contribution is -0.181. The van der Waals surface area contributed by atoms with Gasteiger partial charge in [0.05, 0.1) is 13.2 Å².